The highest BCUT2D eigenvalue weighted by Crippen LogP contribution is 2.40. The Balaban J connectivity index is 2.45. The maximum absolute atomic E-state index is 6.30. The Morgan fingerprint density at radius 1 is 1.21 bits per heavy atom. The van der Waals surface area contributed by atoms with Gasteiger partial charge in [0.05, 0.1) is 0 Å². The smallest absolute Gasteiger partial charge is 0.0409 e. The van der Waals surface area contributed by atoms with E-state index in [2.05, 4.69) is 41.9 Å². The van der Waals surface area contributed by atoms with Gasteiger partial charge in [0.25, 0.3) is 0 Å². The molecule has 0 heterocycles. The third-order valence-electron chi connectivity index (χ3n) is 3.26. The summed E-state index contributed by atoms with van der Waals surface area (Å²) in [4.78, 5) is 0. The quantitative estimate of drug-likeness (QED) is 0.816. The van der Waals surface area contributed by atoms with E-state index in [1.54, 1.807) is 0 Å². The minimum absolute atomic E-state index is 0.0315. The Hall–Kier alpha value is -0.340. The number of aryl methyl sites for hydroxylation is 2. The lowest BCUT2D eigenvalue weighted by atomic mass is 9.72. The molecule has 0 spiro atoms. The van der Waals surface area contributed by atoms with Gasteiger partial charge in [-0.2, -0.15) is 0 Å². The molecule has 76 valence electrons. The van der Waals surface area contributed by atoms with Crippen LogP contribution in [0.15, 0.2) is 16.6 Å². The molecule has 0 aromatic heterocycles. The van der Waals surface area contributed by atoms with Crippen LogP contribution in [-0.2, 0) is 5.54 Å². The van der Waals surface area contributed by atoms with Crippen molar-refractivity contribution in [1.82, 2.24) is 0 Å². The average molecular weight is 254 g/mol. The molecule has 0 bridgehead atoms. The Morgan fingerprint density at radius 2 is 1.71 bits per heavy atom. The molecule has 2 heteroatoms. The average Bonchev–Trinajstić information content (AvgIpc) is 2.09. The summed E-state index contributed by atoms with van der Waals surface area (Å²) in [6, 6.07) is 4.44. The van der Waals surface area contributed by atoms with E-state index in [4.69, 9.17) is 5.73 Å². The van der Waals surface area contributed by atoms with E-state index in [0.717, 1.165) is 12.8 Å². The number of hydrogen-bond donors (Lipinski definition) is 1. The van der Waals surface area contributed by atoms with E-state index in [-0.39, 0.29) is 5.54 Å². The zero-order valence-electron chi connectivity index (χ0n) is 8.73. The summed E-state index contributed by atoms with van der Waals surface area (Å²) in [5.41, 5.74) is 10.1. The van der Waals surface area contributed by atoms with Gasteiger partial charge in [-0.05, 0) is 49.8 Å². The molecule has 1 saturated carbocycles. The van der Waals surface area contributed by atoms with Crippen molar-refractivity contribution >= 4 is 15.9 Å². The summed E-state index contributed by atoms with van der Waals surface area (Å²) in [6.45, 7) is 4.26. The number of benzene rings is 1. The van der Waals surface area contributed by atoms with Crippen LogP contribution >= 0.6 is 15.9 Å². The molecular formula is C12H16BrN. The van der Waals surface area contributed by atoms with Gasteiger partial charge in [-0.15, -0.1) is 0 Å². The number of rotatable bonds is 1. The zero-order valence-corrected chi connectivity index (χ0v) is 10.3. The molecule has 1 aromatic rings. The standard InChI is InChI=1S/C12H16BrN/c1-8-6-10(7-9(2)11(8)13)12(14)4-3-5-12/h6-7H,3-5,14H2,1-2H3. The fourth-order valence-electron chi connectivity index (χ4n) is 2.08. The highest BCUT2D eigenvalue weighted by atomic mass is 79.9. The summed E-state index contributed by atoms with van der Waals surface area (Å²) in [7, 11) is 0. The molecule has 14 heavy (non-hydrogen) atoms. The first kappa shape index (κ1) is 10.2. The highest BCUT2D eigenvalue weighted by Gasteiger charge is 2.34. The molecule has 2 rings (SSSR count). The largest absolute Gasteiger partial charge is 0.321 e. The number of nitrogens with two attached hydrogens (primary N) is 1. The van der Waals surface area contributed by atoms with Crippen LogP contribution in [-0.4, -0.2) is 0 Å². The second-order valence-corrected chi connectivity index (χ2v) is 5.23. The SMILES string of the molecule is Cc1cc(C2(N)CCC2)cc(C)c1Br. The van der Waals surface area contributed by atoms with Crippen molar-refractivity contribution in [3.8, 4) is 0 Å². The topological polar surface area (TPSA) is 26.0 Å². The summed E-state index contributed by atoms with van der Waals surface area (Å²) < 4.78 is 1.21. The van der Waals surface area contributed by atoms with Crippen molar-refractivity contribution in [3.05, 3.63) is 33.3 Å². The molecule has 1 nitrogen and oxygen atoms in total. The maximum atomic E-state index is 6.30. The van der Waals surface area contributed by atoms with Gasteiger partial charge < -0.3 is 5.73 Å². The van der Waals surface area contributed by atoms with E-state index in [9.17, 15) is 0 Å². The van der Waals surface area contributed by atoms with Gasteiger partial charge in [0, 0.05) is 10.0 Å². The molecule has 1 aromatic carbocycles. The van der Waals surface area contributed by atoms with Crippen molar-refractivity contribution in [1.29, 1.82) is 0 Å². The second kappa shape index (κ2) is 3.35. The van der Waals surface area contributed by atoms with Crippen molar-refractivity contribution < 1.29 is 0 Å². The molecule has 0 atom stereocenters. The van der Waals surface area contributed by atoms with E-state index >= 15 is 0 Å². The van der Waals surface area contributed by atoms with Gasteiger partial charge in [-0.1, -0.05) is 28.1 Å². The third kappa shape index (κ3) is 1.51. The predicted octanol–water partition coefficient (Wildman–Crippen LogP) is 3.40. The van der Waals surface area contributed by atoms with E-state index in [1.807, 2.05) is 0 Å². The molecule has 1 fully saturated rings. The number of halogens is 1. The first-order chi connectivity index (χ1) is 6.53. The molecule has 0 radical (unpaired) electrons. The van der Waals surface area contributed by atoms with Crippen LogP contribution < -0.4 is 5.73 Å². The summed E-state index contributed by atoms with van der Waals surface area (Å²) in [5, 5.41) is 0. The van der Waals surface area contributed by atoms with Crippen LogP contribution in [0.2, 0.25) is 0 Å². The lowest BCUT2D eigenvalue weighted by Gasteiger charge is -2.39. The molecule has 2 N–H and O–H groups in total. The fourth-order valence-corrected chi connectivity index (χ4v) is 2.31. The van der Waals surface area contributed by atoms with Gasteiger partial charge >= 0.3 is 0 Å². The lowest BCUT2D eigenvalue weighted by Crippen LogP contribution is -2.43. The first-order valence-electron chi connectivity index (χ1n) is 5.09. The van der Waals surface area contributed by atoms with Gasteiger partial charge in [-0.3, -0.25) is 0 Å². The minimum Gasteiger partial charge on any atom is -0.321 e. The van der Waals surface area contributed by atoms with Gasteiger partial charge in [0.1, 0.15) is 0 Å². The van der Waals surface area contributed by atoms with Crippen molar-refractivity contribution in [2.45, 2.75) is 38.6 Å². The molecule has 1 aliphatic carbocycles. The molecule has 0 saturated heterocycles. The van der Waals surface area contributed by atoms with E-state index < -0.39 is 0 Å². The minimum atomic E-state index is -0.0315. The molecule has 0 aliphatic heterocycles. The van der Waals surface area contributed by atoms with E-state index in [0.29, 0.717) is 0 Å². The van der Waals surface area contributed by atoms with Gasteiger partial charge in [0.2, 0.25) is 0 Å². The van der Waals surface area contributed by atoms with Crippen molar-refractivity contribution in [2.75, 3.05) is 0 Å². The normalized spacial score (nSPS) is 19.1. The Labute approximate surface area is 93.8 Å². The highest BCUT2D eigenvalue weighted by molar-refractivity contribution is 9.10. The van der Waals surface area contributed by atoms with Crippen LogP contribution in [0.25, 0.3) is 0 Å². The van der Waals surface area contributed by atoms with Crippen LogP contribution in [0.1, 0.15) is 36.0 Å². The summed E-state index contributed by atoms with van der Waals surface area (Å²) in [6.07, 6.45) is 3.53. The first-order valence-corrected chi connectivity index (χ1v) is 5.88. The number of hydrogen-bond acceptors (Lipinski definition) is 1. The van der Waals surface area contributed by atoms with Crippen molar-refractivity contribution in [2.24, 2.45) is 5.73 Å². The van der Waals surface area contributed by atoms with Crippen LogP contribution in [0.5, 0.6) is 0 Å². The predicted molar refractivity (Wildman–Crippen MR) is 63.3 cm³/mol. The third-order valence-corrected chi connectivity index (χ3v) is 4.51. The summed E-state index contributed by atoms with van der Waals surface area (Å²) in [5.74, 6) is 0. The monoisotopic (exact) mass is 253 g/mol. The molecule has 0 unspecified atom stereocenters. The Morgan fingerprint density at radius 3 is 2.07 bits per heavy atom. The Kier molecular flexibility index (Phi) is 2.44. The van der Waals surface area contributed by atoms with E-state index in [1.165, 1.54) is 27.6 Å². The fraction of sp³-hybridized carbons (Fsp3) is 0.500. The van der Waals surface area contributed by atoms with Crippen LogP contribution in [0, 0.1) is 13.8 Å². The van der Waals surface area contributed by atoms with Gasteiger partial charge in [0.15, 0.2) is 0 Å². The maximum Gasteiger partial charge on any atom is 0.0409 e. The lowest BCUT2D eigenvalue weighted by molar-refractivity contribution is 0.253. The molecular weight excluding hydrogens is 238 g/mol. The molecule has 1 aliphatic rings. The summed E-state index contributed by atoms with van der Waals surface area (Å²) >= 11 is 3.58. The molecule has 0 amide bonds. The van der Waals surface area contributed by atoms with Gasteiger partial charge in [-0.25, -0.2) is 0 Å². The zero-order chi connectivity index (χ0) is 10.3. The van der Waals surface area contributed by atoms with Crippen molar-refractivity contribution in [3.63, 3.8) is 0 Å². The van der Waals surface area contributed by atoms with Crippen LogP contribution in [0.4, 0.5) is 0 Å². The second-order valence-electron chi connectivity index (χ2n) is 4.43. The Bertz CT molecular complexity index is 344. The van der Waals surface area contributed by atoms with Crippen LogP contribution in [0.3, 0.4) is 0 Å².